The first-order chi connectivity index (χ1) is 11.6. The van der Waals surface area contributed by atoms with E-state index in [0.717, 1.165) is 16.8 Å². The van der Waals surface area contributed by atoms with Gasteiger partial charge in [0.2, 0.25) is 5.88 Å². The second-order valence-electron chi connectivity index (χ2n) is 5.15. The van der Waals surface area contributed by atoms with E-state index in [0.29, 0.717) is 17.4 Å². The molecule has 2 heterocycles. The first kappa shape index (κ1) is 15.5. The molecule has 0 fully saturated rings. The van der Waals surface area contributed by atoms with E-state index in [-0.39, 0.29) is 0 Å². The molecular weight excluding hydrogens is 306 g/mol. The van der Waals surface area contributed by atoms with Gasteiger partial charge in [-0.3, -0.25) is 5.32 Å². The van der Waals surface area contributed by atoms with Crippen LogP contribution in [0.5, 0.6) is 5.88 Å². The molecule has 0 unspecified atom stereocenters. The molecule has 0 atom stereocenters. The van der Waals surface area contributed by atoms with Crippen molar-refractivity contribution in [2.75, 3.05) is 12.4 Å². The zero-order valence-corrected chi connectivity index (χ0v) is 13.4. The molecule has 0 aliphatic rings. The normalized spacial score (nSPS) is 10.4. The Balaban J connectivity index is 2.13. The predicted octanol–water partition coefficient (Wildman–Crippen LogP) is 2.74. The maximum atomic E-state index is 11.4. The number of nitrogens with zero attached hydrogens (tertiary/aromatic N) is 3. The Labute approximate surface area is 139 Å². The second kappa shape index (κ2) is 6.41. The van der Waals surface area contributed by atoms with Gasteiger partial charge in [-0.25, -0.2) is 14.5 Å². The van der Waals surface area contributed by atoms with E-state index in [2.05, 4.69) is 15.4 Å². The van der Waals surface area contributed by atoms with Crippen LogP contribution in [0.2, 0.25) is 0 Å². The van der Waals surface area contributed by atoms with Crippen molar-refractivity contribution < 1.29 is 9.53 Å². The van der Waals surface area contributed by atoms with Crippen LogP contribution in [0, 0.1) is 6.92 Å². The van der Waals surface area contributed by atoms with E-state index in [4.69, 9.17) is 10.5 Å². The fourth-order valence-corrected chi connectivity index (χ4v) is 2.43. The minimum absolute atomic E-state index is 0.523. The fraction of sp³-hybridized carbons (Fsp3) is 0.118. The van der Waals surface area contributed by atoms with Crippen molar-refractivity contribution in [3.05, 3.63) is 54.2 Å². The Kier molecular flexibility index (Phi) is 4.15. The zero-order chi connectivity index (χ0) is 17.1. The summed E-state index contributed by atoms with van der Waals surface area (Å²) in [4.78, 5) is 15.6. The number of benzene rings is 1. The summed E-state index contributed by atoms with van der Waals surface area (Å²) >= 11 is 0. The number of primary amides is 1. The molecule has 122 valence electrons. The van der Waals surface area contributed by atoms with Gasteiger partial charge < -0.3 is 10.5 Å². The van der Waals surface area contributed by atoms with E-state index >= 15 is 0 Å². The lowest BCUT2D eigenvalue weighted by Crippen LogP contribution is -2.21. The van der Waals surface area contributed by atoms with Crippen molar-refractivity contribution in [2.45, 2.75) is 6.92 Å². The highest BCUT2D eigenvalue weighted by atomic mass is 16.5. The van der Waals surface area contributed by atoms with E-state index in [1.807, 2.05) is 43.3 Å². The van der Waals surface area contributed by atoms with Gasteiger partial charge in [0.1, 0.15) is 5.82 Å². The molecule has 2 aromatic heterocycles. The molecule has 1 aromatic carbocycles. The van der Waals surface area contributed by atoms with Crippen molar-refractivity contribution in [1.82, 2.24) is 14.8 Å². The second-order valence-corrected chi connectivity index (χ2v) is 5.15. The first-order valence-electron chi connectivity index (χ1n) is 7.32. The van der Waals surface area contributed by atoms with Crippen molar-refractivity contribution in [3.63, 3.8) is 0 Å². The van der Waals surface area contributed by atoms with E-state index in [1.165, 1.54) is 0 Å². The van der Waals surface area contributed by atoms with Gasteiger partial charge in [0.25, 0.3) is 0 Å². The molecule has 7 nitrogen and oxygen atoms in total. The molecule has 7 heteroatoms. The number of para-hydroxylation sites is 1. The smallest absolute Gasteiger partial charge is 0.317 e. The number of carbonyl (C=O) groups excluding carboxylic acids is 1. The number of hydrogen-bond donors (Lipinski definition) is 2. The summed E-state index contributed by atoms with van der Waals surface area (Å²) in [6, 6.07) is 12.5. The van der Waals surface area contributed by atoms with Crippen LogP contribution in [-0.2, 0) is 0 Å². The number of aromatic nitrogens is 3. The Morgan fingerprint density at radius 2 is 1.96 bits per heavy atom. The summed E-state index contributed by atoms with van der Waals surface area (Å²) in [5.41, 5.74) is 8.44. The van der Waals surface area contributed by atoms with Crippen LogP contribution in [0.4, 0.5) is 10.6 Å². The van der Waals surface area contributed by atoms with Crippen molar-refractivity contribution in [3.8, 4) is 22.8 Å². The Hall–Kier alpha value is -3.35. The molecule has 0 bridgehead atoms. The van der Waals surface area contributed by atoms with Gasteiger partial charge in [-0.05, 0) is 25.1 Å². The van der Waals surface area contributed by atoms with E-state index < -0.39 is 6.03 Å². The molecule has 24 heavy (non-hydrogen) atoms. The number of carbonyl (C=O) groups is 1. The number of methoxy groups -OCH3 is 1. The van der Waals surface area contributed by atoms with Crippen molar-refractivity contribution in [1.29, 1.82) is 0 Å². The topological polar surface area (TPSA) is 95.1 Å². The van der Waals surface area contributed by atoms with Gasteiger partial charge in [0.05, 0.1) is 18.5 Å². The average molecular weight is 323 g/mol. The van der Waals surface area contributed by atoms with E-state index in [1.54, 1.807) is 24.1 Å². The molecule has 0 saturated carbocycles. The van der Waals surface area contributed by atoms with Crippen LogP contribution in [0.3, 0.4) is 0 Å². The third-order valence-corrected chi connectivity index (χ3v) is 3.58. The number of nitrogens with two attached hydrogens (primary N) is 1. The largest absolute Gasteiger partial charge is 0.481 e. The number of anilines is 1. The number of urea groups is 1. The van der Waals surface area contributed by atoms with Crippen molar-refractivity contribution in [2.24, 2.45) is 5.73 Å². The maximum Gasteiger partial charge on any atom is 0.317 e. The molecule has 3 rings (SSSR count). The lowest BCUT2D eigenvalue weighted by atomic mass is 10.1. The Morgan fingerprint density at radius 1 is 1.21 bits per heavy atom. The van der Waals surface area contributed by atoms with Crippen LogP contribution in [0.25, 0.3) is 16.9 Å². The average Bonchev–Trinajstić information content (AvgIpc) is 2.92. The first-order valence-corrected chi connectivity index (χ1v) is 7.32. The van der Waals surface area contributed by atoms with Gasteiger partial charge in [-0.1, -0.05) is 18.2 Å². The highest BCUT2D eigenvalue weighted by Gasteiger charge is 2.18. The minimum Gasteiger partial charge on any atom is -0.481 e. The molecule has 0 radical (unpaired) electrons. The summed E-state index contributed by atoms with van der Waals surface area (Å²) in [6.45, 7) is 1.87. The molecule has 3 aromatic rings. The zero-order valence-electron chi connectivity index (χ0n) is 13.4. The lowest BCUT2D eigenvalue weighted by molar-refractivity contribution is 0.259. The fourth-order valence-electron chi connectivity index (χ4n) is 2.43. The maximum absolute atomic E-state index is 11.4. The highest BCUT2D eigenvalue weighted by Crippen LogP contribution is 2.30. The number of nitrogens with one attached hydrogen (secondary N) is 1. The van der Waals surface area contributed by atoms with Gasteiger partial charge in [0.15, 0.2) is 0 Å². The Bertz CT molecular complexity index is 857. The third-order valence-electron chi connectivity index (χ3n) is 3.58. The molecule has 2 amide bonds. The third kappa shape index (κ3) is 2.91. The van der Waals surface area contributed by atoms with Gasteiger partial charge in [0, 0.05) is 23.4 Å². The van der Waals surface area contributed by atoms with Gasteiger partial charge >= 0.3 is 6.03 Å². The molecular formula is C17H17N5O2. The Morgan fingerprint density at radius 3 is 2.54 bits per heavy atom. The monoisotopic (exact) mass is 323 g/mol. The number of ether oxygens (including phenoxy) is 1. The summed E-state index contributed by atoms with van der Waals surface area (Å²) in [5, 5.41) is 7.27. The van der Waals surface area contributed by atoms with Crippen molar-refractivity contribution >= 4 is 11.8 Å². The number of amides is 2. The highest BCUT2D eigenvalue weighted by molar-refractivity contribution is 5.89. The van der Waals surface area contributed by atoms with Crippen LogP contribution < -0.4 is 15.8 Å². The molecule has 0 saturated heterocycles. The standard InChI is InChI=1S/C17H17N5O2/c1-11-15(12-8-9-14(24-2)19-10-12)21-22(16(11)20-17(18)23)13-6-4-3-5-7-13/h3-10H,1-2H3,(H3,18,20,23). The van der Waals surface area contributed by atoms with Crippen LogP contribution >= 0.6 is 0 Å². The van der Waals surface area contributed by atoms with Crippen LogP contribution in [0.15, 0.2) is 48.7 Å². The molecule has 3 N–H and O–H groups in total. The van der Waals surface area contributed by atoms with Gasteiger partial charge in [-0.2, -0.15) is 5.10 Å². The SMILES string of the molecule is COc1ccc(-c2nn(-c3ccccc3)c(NC(N)=O)c2C)cn1. The minimum atomic E-state index is -0.644. The van der Waals surface area contributed by atoms with Crippen LogP contribution in [-0.4, -0.2) is 27.9 Å². The number of rotatable bonds is 4. The lowest BCUT2D eigenvalue weighted by Gasteiger charge is -2.07. The molecule has 0 aliphatic heterocycles. The molecule has 0 aliphatic carbocycles. The van der Waals surface area contributed by atoms with Gasteiger partial charge in [-0.15, -0.1) is 0 Å². The molecule has 0 spiro atoms. The quantitative estimate of drug-likeness (QED) is 0.771. The van der Waals surface area contributed by atoms with E-state index in [9.17, 15) is 4.79 Å². The van der Waals surface area contributed by atoms with Crippen LogP contribution in [0.1, 0.15) is 5.56 Å². The predicted molar refractivity (Wildman–Crippen MR) is 91.3 cm³/mol. The summed E-state index contributed by atoms with van der Waals surface area (Å²) in [7, 11) is 1.56. The number of hydrogen-bond acceptors (Lipinski definition) is 4. The summed E-state index contributed by atoms with van der Waals surface area (Å²) in [6.07, 6.45) is 1.68. The number of pyridine rings is 1. The summed E-state index contributed by atoms with van der Waals surface area (Å²) < 4.78 is 6.73. The summed E-state index contributed by atoms with van der Waals surface area (Å²) in [5.74, 6) is 1.05.